The molecule has 148 valence electrons. The lowest BCUT2D eigenvalue weighted by Gasteiger charge is -2.37. The molecule has 2 N–H and O–H groups in total. The number of likely N-dealkylation sites (tertiary alicyclic amines) is 1. The van der Waals surface area contributed by atoms with Crippen LogP contribution in [0.5, 0.6) is 0 Å². The van der Waals surface area contributed by atoms with Crippen LogP contribution in [0.1, 0.15) is 63.1 Å². The van der Waals surface area contributed by atoms with E-state index in [-0.39, 0.29) is 36.4 Å². The number of halogens is 1. The average molecular weight is 387 g/mol. The molecule has 7 nitrogen and oxygen atoms in total. The quantitative estimate of drug-likeness (QED) is 0.835. The van der Waals surface area contributed by atoms with E-state index >= 15 is 0 Å². The first-order valence-corrected chi connectivity index (χ1v) is 9.54. The van der Waals surface area contributed by atoms with Crippen LogP contribution in [0.4, 0.5) is 0 Å². The number of piperidine rings is 1. The summed E-state index contributed by atoms with van der Waals surface area (Å²) in [6.45, 7) is 6.18. The van der Waals surface area contributed by atoms with E-state index in [1.165, 1.54) is 0 Å². The topological polar surface area (TPSA) is 94.5 Å². The van der Waals surface area contributed by atoms with E-state index in [0.717, 1.165) is 64.0 Å². The minimum Gasteiger partial charge on any atom is -0.377 e. The Balaban J connectivity index is 0.00000243. The Bertz CT molecular complexity index is 575. The molecular formula is C18H31ClN4O3. The van der Waals surface area contributed by atoms with Gasteiger partial charge in [0.25, 0.3) is 0 Å². The maximum Gasteiger partial charge on any atom is 0.225 e. The first-order chi connectivity index (χ1) is 12.1. The van der Waals surface area contributed by atoms with Crippen LogP contribution < -0.4 is 5.73 Å². The van der Waals surface area contributed by atoms with Crippen molar-refractivity contribution in [1.82, 2.24) is 15.0 Å². The highest BCUT2D eigenvalue weighted by molar-refractivity contribution is 5.85. The van der Waals surface area contributed by atoms with Gasteiger partial charge < -0.3 is 19.9 Å². The fourth-order valence-electron chi connectivity index (χ4n) is 3.98. The molecule has 0 radical (unpaired) electrons. The van der Waals surface area contributed by atoms with E-state index in [1.807, 2.05) is 4.90 Å². The van der Waals surface area contributed by atoms with Crippen molar-refractivity contribution in [3.63, 3.8) is 0 Å². The van der Waals surface area contributed by atoms with Gasteiger partial charge in [-0.3, -0.25) is 4.79 Å². The van der Waals surface area contributed by atoms with Crippen molar-refractivity contribution < 1.29 is 14.1 Å². The van der Waals surface area contributed by atoms with Gasteiger partial charge >= 0.3 is 0 Å². The molecule has 1 saturated carbocycles. The number of nitrogens with zero attached hydrogens (tertiary/aromatic N) is 3. The van der Waals surface area contributed by atoms with Gasteiger partial charge in [-0.1, -0.05) is 12.1 Å². The molecule has 0 unspecified atom stereocenters. The summed E-state index contributed by atoms with van der Waals surface area (Å²) in [7, 11) is 0. The van der Waals surface area contributed by atoms with Gasteiger partial charge in [0, 0.05) is 44.5 Å². The van der Waals surface area contributed by atoms with E-state index < -0.39 is 0 Å². The number of aryl methyl sites for hydroxylation is 1. The van der Waals surface area contributed by atoms with Crippen LogP contribution in [-0.2, 0) is 9.53 Å². The van der Waals surface area contributed by atoms with Crippen LogP contribution >= 0.6 is 12.4 Å². The Morgan fingerprint density at radius 3 is 2.62 bits per heavy atom. The Kier molecular flexibility index (Phi) is 7.85. The molecule has 1 saturated heterocycles. The smallest absolute Gasteiger partial charge is 0.225 e. The van der Waals surface area contributed by atoms with Crippen molar-refractivity contribution >= 4 is 18.3 Å². The summed E-state index contributed by atoms with van der Waals surface area (Å²) >= 11 is 0. The Hall–Kier alpha value is -1.18. The predicted octanol–water partition coefficient (Wildman–Crippen LogP) is 2.43. The second-order valence-corrected chi connectivity index (χ2v) is 7.35. The minimum atomic E-state index is -0.0332. The lowest BCUT2D eigenvalue weighted by molar-refractivity contribution is -0.139. The summed E-state index contributed by atoms with van der Waals surface area (Å²) in [6.07, 6.45) is 5.40. The SMILES string of the molecule is CCCO[C@@H]1CC[C@H](C(=O)N2CCC(c3noc(C)n3)CC2)C[C@H]1N.Cl. The van der Waals surface area contributed by atoms with Crippen molar-refractivity contribution in [2.24, 2.45) is 11.7 Å². The zero-order chi connectivity index (χ0) is 17.8. The highest BCUT2D eigenvalue weighted by Crippen LogP contribution is 2.31. The number of carbonyl (C=O) groups is 1. The molecule has 8 heteroatoms. The van der Waals surface area contributed by atoms with Crippen LogP contribution in [0.15, 0.2) is 4.52 Å². The molecule has 2 heterocycles. The summed E-state index contributed by atoms with van der Waals surface area (Å²) in [6, 6.07) is -0.0332. The van der Waals surface area contributed by atoms with E-state index in [1.54, 1.807) is 6.92 Å². The Morgan fingerprint density at radius 1 is 1.31 bits per heavy atom. The molecule has 1 aliphatic heterocycles. The molecule has 3 atom stereocenters. The molecule has 2 fully saturated rings. The highest BCUT2D eigenvalue weighted by atomic mass is 35.5. The van der Waals surface area contributed by atoms with E-state index in [9.17, 15) is 4.79 Å². The Morgan fingerprint density at radius 2 is 2.04 bits per heavy atom. The molecule has 1 amide bonds. The summed E-state index contributed by atoms with van der Waals surface area (Å²) in [4.78, 5) is 19.2. The third kappa shape index (κ3) is 4.96. The van der Waals surface area contributed by atoms with Crippen LogP contribution in [0.3, 0.4) is 0 Å². The normalized spacial score (nSPS) is 27.2. The van der Waals surface area contributed by atoms with E-state index in [2.05, 4.69) is 17.1 Å². The van der Waals surface area contributed by atoms with Crippen LogP contribution in [-0.4, -0.2) is 52.8 Å². The molecular weight excluding hydrogens is 356 g/mol. The van der Waals surface area contributed by atoms with Gasteiger partial charge in [-0.15, -0.1) is 12.4 Å². The van der Waals surface area contributed by atoms with Gasteiger partial charge in [-0.05, 0) is 38.5 Å². The molecule has 0 bridgehead atoms. The van der Waals surface area contributed by atoms with Crippen LogP contribution in [0, 0.1) is 12.8 Å². The number of hydrogen-bond acceptors (Lipinski definition) is 6. The molecule has 26 heavy (non-hydrogen) atoms. The number of hydrogen-bond donors (Lipinski definition) is 1. The molecule has 1 aliphatic carbocycles. The fraction of sp³-hybridized carbons (Fsp3) is 0.833. The van der Waals surface area contributed by atoms with Crippen molar-refractivity contribution in [1.29, 1.82) is 0 Å². The largest absolute Gasteiger partial charge is 0.377 e. The second-order valence-electron chi connectivity index (χ2n) is 7.35. The van der Waals surface area contributed by atoms with Crippen molar-refractivity contribution in [2.45, 2.75) is 70.4 Å². The first kappa shape index (κ1) is 21.1. The zero-order valence-corrected chi connectivity index (χ0v) is 16.5. The van der Waals surface area contributed by atoms with Crippen molar-refractivity contribution in [3.05, 3.63) is 11.7 Å². The summed E-state index contributed by atoms with van der Waals surface area (Å²) in [5.74, 6) is 1.97. The average Bonchev–Trinajstić information content (AvgIpc) is 3.06. The van der Waals surface area contributed by atoms with E-state index in [4.69, 9.17) is 15.0 Å². The Labute approximate surface area is 161 Å². The van der Waals surface area contributed by atoms with Gasteiger partial charge in [0.1, 0.15) is 0 Å². The number of rotatable bonds is 5. The third-order valence-electron chi connectivity index (χ3n) is 5.43. The monoisotopic (exact) mass is 386 g/mol. The molecule has 1 aromatic heterocycles. The predicted molar refractivity (Wildman–Crippen MR) is 100 cm³/mol. The van der Waals surface area contributed by atoms with Gasteiger partial charge in [-0.2, -0.15) is 4.98 Å². The van der Waals surface area contributed by atoms with Gasteiger partial charge in [0.2, 0.25) is 11.8 Å². The molecule has 3 rings (SSSR count). The first-order valence-electron chi connectivity index (χ1n) is 9.54. The number of amides is 1. The van der Waals surface area contributed by atoms with Gasteiger partial charge in [0.05, 0.1) is 6.10 Å². The molecule has 0 aromatic carbocycles. The van der Waals surface area contributed by atoms with E-state index in [0.29, 0.717) is 11.8 Å². The maximum atomic E-state index is 12.8. The molecule has 1 aromatic rings. The number of carbonyl (C=O) groups excluding carboxylic acids is 1. The third-order valence-corrected chi connectivity index (χ3v) is 5.43. The highest BCUT2D eigenvalue weighted by Gasteiger charge is 2.36. The fourth-order valence-corrected chi connectivity index (χ4v) is 3.98. The summed E-state index contributed by atoms with van der Waals surface area (Å²) < 4.78 is 10.9. The second kappa shape index (κ2) is 9.67. The zero-order valence-electron chi connectivity index (χ0n) is 15.7. The minimum absolute atomic E-state index is 0. The maximum absolute atomic E-state index is 12.8. The van der Waals surface area contributed by atoms with Crippen molar-refractivity contribution in [3.8, 4) is 0 Å². The van der Waals surface area contributed by atoms with Crippen LogP contribution in [0.2, 0.25) is 0 Å². The van der Waals surface area contributed by atoms with Gasteiger partial charge in [-0.25, -0.2) is 0 Å². The van der Waals surface area contributed by atoms with Crippen molar-refractivity contribution in [2.75, 3.05) is 19.7 Å². The lowest BCUT2D eigenvalue weighted by atomic mass is 9.82. The molecule has 0 spiro atoms. The molecule has 2 aliphatic rings. The summed E-state index contributed by atoms with van der Waals surface area (Å²) in [5, 5.41) is 4.02. The van der Waals surface area contributed by atoms with Crippen LogP contribution in [0.25, 0.3) is 0 Å². The standard InChI is InChI=1S/C18H30N4O3.ClH/c1-3-10-24-16-5-4-14(11-15(16)19)18(23)22-8-6-13(7-9-22)17-20-12(2)25-21-17;/h13-16H,3-11,19H2,1-2H3;1H/t14-,15+,16+;/m0./s1. The lowest BCUT2D eigenvalue weighted by Crippen LogP contribution is -2.48. The van der Waals surface area contributed by atoms with Gasteiger partial charge in [0.15, 0.2) is 5.82 Å². The number of ether oxygens (including phenoxy) is 1. The number of aromatic nitrogens is 2. The summed E-state index contributed by atoms with van der Waals surface area (Å²) in [5.41, 5.74) is 6.26. The number of nitrogens with two attached hydrogens (primary N) is 1.